The predicted molar refractivity (Wildman–Crippen MR) is 44.8 cm³/mol. The fourth-order valence-corrected chi connectivity index (χ4v) is 0.144. The minimum Gasteiger partial charge on any atom is -0.478 e. The number of methoxy groups -OCH3 is 1. The maximum absolute atomic E-state index is 9.96. The molecule has 0 saturated heterocycles. The van der Waals surface area contributed by atoms with Crippen molar-refractivity contribution < 1.29 is 19.4 Å². The Balaban J connectivity index is 0. The van der Waals surface area contributed by atoms with Gasteiger partial charge in [0, 0.05) is 12.0 Å². The van der Waals surface area contributed by atoms with Crippen molar-refractivity contribution in [2.75, 3.05) is 7.11 Å². The van der Waals surface area contributed by atoms with Gasteiger partial charge >= 0.3 is 11.9 Å². The SMILES string of the molecule is C=C(C)C(=O)O.CCC(=O)OC. The molecule has 0 spiro atoms. The molecule has 12 heavy (non-hydrogen) atoms. The lowest BCUT2D eigenvalue weighted by atomic mass is 10.4. The number of carboxylic acid groups (broad SMARTS) is 1. The highest BCUT2D eigenvalue weighted by Gasteiger charge is 1.90. The van der Waals surface area contributed by atoms with E-state index in [9.17, 15) is 9.59 Å². The quantitative estimate of drug-likeness (QED) is 0.505. The van der Waals surface area contributed by atoms with Crippen molar-refractivity contribution >= 4 is 11.9 Å². The molecule has 0 atom stereocenters. The number of hydrogen-bond acceptors (Lipinski definition) is 3. The van der Waals surface area contributed by atoms with Crippen LogP contribution in [0.3, 0.4) is 0 Å². The van der Waals surface area contributed by atoms with Gasteiger partial charge in [0.15, 0.2) is 0 Å². The Labute approximate surface area is 71.8 Å². The molecule has 0 aromatic rings. The van der Waals surface area contributed by atoms with Gasteiger partial charge in [-0.1, -0.05) is 13.5 Å². The normalized spacial score (nSPS) is 7.58. The zero-order valence-corrected chi connectivity index (χ0v) is 7.59. The first kappa shape index (κ1) is 13.3. The standard InChI is InChI=1S/C4H8O2.C4H6O2/c1-3-4(5)6-2;1-3(2)4(5)6/h3H2,1-2H3;1H2,2H3,(H,5,6). The second-order valence-electron chi connectivity index (χ2n) is 2.02. The Morgan fingerprint density at radius 1 is 1.50 bits per heavy atom. The topological polar surface area (TPSA) is 63.6 Å². The number of carboxylic acids is 1. The molecule has 0 radical (unpaired) electrons. The number of aliphatic carboxylic acids is 1. The number of ether oxygens (including phenoxy) is 1. The molecule has 1 N–H and O–H groups in total. The van der Waals surface area contributed by atoms with Crippen LogP contribution in [0, 0.1) is 0 Å². The van der Waals surface area contributed by atoms with Gasteiger partial charge in [-0.2, -0.15) is 0 Å². The van der Waals surface area contributed by atoms with Crippen LogP contribution in [0.5, 0.6) is 0 Å². The van der Waals surface area contributed by atoms with E-state index < -0.39 is 5.97 Å². The van der Waals surface area contributed by atoms with Gasteiger partial charge < -0.3 is 9.84 Å². The lowest BCUT2D eigenvalue weighted by Gasteiger charge is -1.87. The number of rotatable bonds is 2. The third-order valence-corrected chi connectivity index (χ3v) is 0.881. The average Bonchev–Trinajstić information content (AvgIpc) is 2.04. The van der Waals surface area contributed by atoms with Gasteiger partial charge in [-0.15, -0.1) is 0 Å². The number of hydrogen-bond donors (Lipinski definition) is 1. The molecule has 0 unspecified atom stereocenters. The van der Waals surface area contributed by atoms with Crippen LogP contribution in [0.2, 0.25) is 0 Å². The molecular formula is C8H14O4. The molecular weight excluding hydrogens is 160 g/mol. The lowest BCUT2D eigenvalue weighted by molar-refractivity contribution is -0.140. The highest BCUT2D eigenvalue weighted by atomic mass is 16.5. The van der Waals surface area contributed by atoms with Crippen molar-refractivity contribution in [3.8, 4) is 0 Å². The summed E-state index contributed by atoms with van der Waals surface area (Å²) >= 11 is 0. The number of carbonyl (C=O) groups is 2. The minimum atomic E-state index is -0.935. The highest BCUT2D eigenvalue weighted by Crippen LogP contribution is 1.81. The van der Waals surface area contributed by atoms with Crippen molar-refractivity contribution in [1.29, 1.82) is 0 Å². The van der Waals surface area contributed by atoms with E-state index in [1.807, 2.05) is 0 Å². The molecule has 0 aromatic carbocycles. The average molecular weight is 174 g/mol. The molecule has 4 nitrogen and oxygen atoms in total. The molecule has 0 fully saturated rings. The summed E-state index contributed by atoms with van der Waals surface area (Å²) < 4.78 is 4.26. The molecule has 0 heterocycles. The fourth-order valence-electron chi connectivity index (χ4n) is 0.144. The summed E-state index contributed by atoms with van der Waals surface area (Å²) in [5.41, 5.74) is 0.176. The molecule has 0 saturated carbocycles. The Kier molecular flexibility index (Phi) is 8.62. The highest BCUT2D eigenvalue weighted by molar-refractivity contribution is 5.84. The lowest BCUT2D eigenvalue weighted by Crippen LogP contribution is -1.94. The first-order valence-electron chi connectivity index (χ1n) is 3.41. The molecule has 0 amide bonds. The molecule has 0 aliphatic heterocycles. The van der Waals surface area contributed by atoms with Crippen LogP contribution in [0.1, 0.15) is 20.3 Å². The summed E-state index contributed by atoms with van der Waals surface area (Å²) in [4.78, 5) is 19.6. The summed E-state index contributed by atoms with van der Waals surface area (Å²) in [6, 6.07) is 0. The van der Waals surface area contributed by atoms with Crippen LogP contribution in [-0.4, -0.2) is 24.2 Å². The molecule has 0 aliphatic carbocycles. The smallest absolute Gasteiger partial charge is 0.330 e. The summed E-state index contributed by atoms with van der Waals surface area (Å²) in [6.07, 6.45) is 0.469. The van der Waals surface area contributed by atoms with Crippen LogP contribution in [0.4, 0.5) is 0 Å². The van der Waals surface area contributed by atoms with Gasteiger partial charge in [-0.3, -0.25) is 4.79 Å². The summed E-state index contributed by atoms with van der Waals surface area (Å²) in [5.74, 6) is -1.09. The Morgan fingerprint density at radius 2 is 1.83 bits per heavy atom. The van der Waals surface area contributed by atoms with E-state index in [1.165, 1.54) is 14.0 Å². The van der Waals surface area contributed by atoms with Crippen molar-refractivity contribution in [2.45, 2.75) is 20.3 Å². The van der Waals surface area contributed by atoms with Crippen LogP contribution in [-0.2, 0) is 14.3 Å². The molecule has 0 rings (SSSR count). The number of esters is 1. The Bertz CT molecular complexity index is 154. The van der Waals surface area contributed by atoms with Crippen LogP contribution in [0.15, 0.2) is 12.2 Å². The van der Waals surface area contributed by atoms with Crippen molar-refractivity contribution in [2.24, 2.45) is 0 Å². The van der Waals surface area contributed by atoms with E-state index in [1.54, 1.807) is 6.92 Å². The summed E-state index contributed by atoms with van der Waals surface area (Å²) in [6.45, 7) is 6.36. The van der Waals surface area contributed by atoms with E-state index in [2.05, 4.69) is 11.3 Å². The zero-order chi connectivity index (χ0) is 10.1. The van der Waals surface area contributed by atoms with Gasteiger partial charge in [-0.25, -0.2) is 4.79 Å². The first-order chi connectivity index (χ1) is 5.45. The Morgan fingerprint density at radius 3 is 1.83 bits per heavy atom. The van der Waals surface area contributed by atoms with Gasteiger partial charge in [0.05, 0.1) is 7.11 Å². The molecule has 70 valence electrons. The molecule has 0 aromatic heterocycles. The van der Waals surface area contributed by atoms with Crippen LogP contribution < -0.4 is 0 Å². The van der Waals surface area contributed by atoms with E-state index in [0.717, 1.165) is 0 Å². The molecule has 4 heteroatoms. The van der Waals surface area contributed by atoms with Crippen LogP contribution >= 0.6 is 0 Å². The van der Waals surface area contributed by atoms with E-state index >= 15 is 0 Å². The second-order valence-corrected chi connectivity index (χ2v) is 2.02. The van der Waals surface area contributed by atoms with Crippen molar-refractivity contribution in [3.05, 3.63) is 12.2 Å². The summed E-state index contributed by atoms with van der Waals surface area (Å²) in [5, 5.41) is 7.89. The van der Waals surface area contributed by atoms with E-state index in [0.29, 0.717) is 6.42 Å². The van der Waals surface area contributed by atoms with Gasteiger partial charge in [0.25, 0.3) is 0 Å². The third kappa shape index (κ3) is 11.5. The summed E-state index contributed by atoms with van der Waals surface area (Å²) in [7, 11) is 1.38. The maximum Gasteiger partial charge on any atom is 0.330 e. The first-order valence-corrected chi connectivity index (χ1v) is 3.41. The monoisotopic (exact) mass is 174 g/mol. The minimum absolute atomic E-state index is 0.157. The molecule has 0 bridgehead atoms. The van der Waals surface area contributed by atoms with Crippen molar-refractivity contribution in [1.82, 2.24) is 0 Å². The van der Waals surface area contributed by atoms with E-state index in [-0.39, 0.29) is 11.5 Å². The number of carbonyl (C=O) groups excluding carboxylic acids is 1. The maximum atomic E-state index is 9.96. The van der Waals surface area contributed by atoms with Gasteiger partial charge in [0.1, 0.15) is 0 Å². The third-order valence-electron chi connectivity index (χ3n) is 0.881. The largest absolute Gasteiger partial charge is 0.478 e. The van der Waals surface area contributed by atoms with Gasteiger partial charge in [0.2, 0.25) is 0 Å². The Hall–Kier alpha value is -1.32. The molecule has 0 aliphatic rings. The van der Waals surface area contributed by atoms with Crippen LogP contribution in [0.25, 0.3) is 0 Å². The predicted octanol–water partition coefficient (Wildman–Crippen LogP) is 1.22. The van der Waals surface area contributed by atoms with Crippen molar-refractivity contribution in [3.63, 3.8) is 0 Å². The van der Waals surface area contributed by atoms with E-state index in [4.69, 9.17) is 5.11 Å². The van der Waals surface area contributed by atoms with Gasteiger partial charge in [-0.05, 0) is 6.92 Å². The second kappa shape index (κ2) is 7.78. The fraction of sp³-hybridized carbons (Fsp3) is 0.500. The zero-order valence-electron chi connectivity index (χ0n) is 7.59.